The Balaban J connectivity index is 1.65. The van der Waals surface area contributed by atoms with Crippen molar-refractivity contribution in [2.24, 2.45) is 0 Å². The fourth-order valence-electron chi connectivity index (χ4n) is 3.72. The highest BCUT2D eigenvalue weighted by atomic mass is 35.5. The summed E-state index contributed by atoms with van der Waals surface area (Å²) in [5.74, 6) is -0.923. The van der Waals surface area contributed by atoms with Gasteiger partial charge in [-0.05, 0) is 49.2 Å². The van der Waals surface area contributed by atoms with E-state index in [4.69, 9.17) is 26.2 Å². The lowest BCUT2D eigenvalue weighted by molar-refractivity contribution is -0.130. The molecular formula is C21H21ClFN3O7S. The number of nitrogens with zero attached hydrogens (tertiary/aromatic N) is 1. The number of carbonyl (C=O) groups is 2. The molecule has 0 aromatic heterocycles. The lowest BCUT2D eigenvalue weighted by atomic mass is 10.2. The van der Waals surface area contributed by atoms with Gasteiger partial charge >= 0.3 is 6.09 Å². The smallest absolute Gasteiger partial charge is 0.409 e. The number of rotatable bonds is 6. The average molecular weight is 514 g/mol. The van der Waals surface area contributed by atoms with Crippen molar-refractivity contribution in [2.75, 3.05) is 29.3 Å². The van der Waals surface area contributed by atoms with Crippen molar-refractivity contribution in [1.29, 1.82) is 0 Å². The van der Waals surface area contributed by atoms with Gasteiger partial charge in [0, 0.05) is 12.3 Å². The highest BCUT2D eigenvalue weighted by Crippen LogP contribution is 2.39. The molecule has 1 fully saturated rings. The standard InChI is InChI=1S/C21H21ClFN3O7S/c22-15-9-14(4-5-16(15)23)34(30,31)26-11-13(10-24-20(27)19-2-1-7-32-19)33-18-6-3-12(8-17(18)26)25-21(28)29/h3-6,8-9,13,19,25H,1-2,7,10-11H2,(H,24,27)(H,28,29)/t13-,19-/m0/s1. The van der Waals surface area contributed by atoms with Gasteiger partial charge in [-0.2, -0.15) is 0 Å². The Hall–Kier alpha value is -3.09. The van der Waals surface area contributed by atoms with Crippen LogP contribution >= 0.6 is 11.6 Å². The van der Waals surface area contributed by atoms with Crippen LogP contribution in [0.5, 0.6) is 5.75 Å². The number of hydrogen-bond acceptors (Lipinski definition) is 6. The van der Waals surface area contributed by atoms with Crippen molar-refractivity contribution < 1.29 is 37.0 Å². The predicted molar refractivity (Wildman–Crippen MR) is 120 cm³/mol. The zero-order valence-electron chi connectivity index (χ0n) is 17.7. The molecule has 2 aliphatic rings. The van der Waals surface area contributed by atoms with Crippen LogP contribution in [0, 0.1) is 5.82 Å². The average Bonchev–Trinajstić information content (AvgIpc) is 3.33. The van der Waals surface area contributed by atoms with E-state index < -0.39 is 34.1 Å². The first-order valence-electron chi connectivity index (χ1n) is 10.3. The number of benzene rings is 2. The lowest BCUT2D eigenvalue weighted by Gasteiger charge is -2.36. The maximum absolute atomic E-state index is 13.6. The van der Waals surface area contributed by atoms with Gasteiger partial charge in [-0.3, -0.25) is 14.4 Å². The number of fused-ring (bicyclic) bond motifs is 1. The monoisotopic (exact) mass is 513 g/mol. The third-order valence-electron chi connectivity index (χ3n) is 5.35. The largest absolute Gasteiger partial charge is 0.484 e. The highest BCUT2D eigenvalue weighted by molar-refractivity contribution is 7.92. The van der Waals surface area contributed by atoms with E-state index in [9.17, 15) is 22.4 Å². The molecule has 2 atom stereocenters. The number of hydrogen-bond donors (Lipinski definition) is 3. The van der Waals surface area contributed by atoms with E-state index in [2.05, 4.69) is 10.6 Å². The molecular weight excluding hydrogens is 493 g/mol. The first-order chi connectivity index (χ1) is 16.1. The normalized spacial score (nSPS) is 19.8. The fourth-order valence-corrected chi connectivity index (χ4v) is 5.50. The van der Waals surface area contributed by atoms with Crippen LogP contribution in [0.2, 0.25) is 5.02 Å². The molecule has 2 amide bonds. The number of nitrogens with one attached hydrogen (secondary N) is 2. The summed E-state index contributed by atoms with van der Waals surface area (Å²) in [6, 6.07) is 7.18. The molecule has 0 radical (unpaired) electrons. The van der Waals surface area contributed by atoms with Crippen LogP contribution in [0.25, 0.3) is 0 Å². The third kappa shape index (κ3) is 5.03. The Morgan fingerprint density at radius 1 is 1.24 bits per heavy atom. The van der Waals surface area contributed by atoms with E-state index in [1.165, 1.54) is 18.2 Å². The number of carbonyl (C=O) groups excluding carboxylic acids is 1. The molecule has 2 aromatic rings. The highest BCUT2D eigenvalue weighted by Gasteiger charge is 2.36. The summed E-state index contributed by atoms with van der Waals surface area (Å²) in [6.45, 7) is 0.306. The van der Waals surface area contributed by atoms with Crippen LogP contribution in [0.3, 0.4) is 0 Å². The molecule has 1 saturated heterocycles. The lowest BCUT2D eigenvalue weighted by Crippen LogP contribution is -2.49. The summed E-state index contributed by atoms with van der Waals surface area (Å²) in [7, 11) is -4.26. The van der Waals surface area contributed by atoms with Gasteiger partial charge < -0.3 is 19.9 Å². The summed E-state index contributed by atoms with van der Waals surface area (Å²) < 4.78 is 52.9. The SMILES string of the molecule is O=C(O)Nc1ccc2c(c1)N(S(=O)(=O)c1ccc(F)c(Cl)c1)C[C@H](CNC(=O)[C@@H]1CCCO1)O2. The molecule has 0 aliphatic carbocycles. The van der Waals surface area contributed by atoms with Crippen molar-refractivity contribution in [3.05, 3.63) is 47.2 Å². The van der Waals surface area contributed by atoms with Gasteiger partial charge in [-0.25, -0.2) is 17.6 Å². The summed E-state index contributed by atoms with van der Waals surface area (Å²) in [6.07, 6.45) is -1.26. The number of carboxylic acid groups (broad SMARTS) is 1. The zero-order valence-corrected chi connectivity index (χ0v) is 19.2. The Morgan fingerprint density at radius 2 is 2.03 bits per heavy atom. The molecule has 0 spiro atoms. The summed E-state index contributed by atoms with van der Waals surface area (Å²) in [5.41, 5.74) is 0.200. The molecule has 0 saturated carbocycles. The minimum atomic E-state index is -4.26. The first-order valence-corrected chi connectivity index (χ1v) is 12.1. The third-order valence-corrected chi connectivity index (χ3v) is 7.41. The van der Waals surface area contributed by atoms with Gasteiger partial charge in [0.25, 0.3) is 10.0 Å². The quantitative estimate of drug-likeness (QED) is 0.540. The zero-order chi connectivity index (χ0) is 24.5. The number of ether oxygens (including phenoxy) is 2. The number of anilines is 2. The maximum Gasteiger partial charge on any atom is 0.409 e. The van der Waals surface area contributed by atoms with Crippen molar-refractivity contribution in [3.63, 3.8) is 0 Å². The van der Waals surface area contributed by atoms with E-state index >= 15 is 0 Å². The van der Waals surface area contributed by atoms with Crippen LogP contribution in [-0.2, 0) is 19.6 Å². The molecule has 2 aliphatic heterocycles. The van der Waals surface area contributed by atoms with E-state index in [1.807, 2.05) is 0 Å². The van der Waals surface area contributed by atoms with E-state index in [0.717, 1.165) is 28.9 Å². The van der Waals surface area contributed by atoms with Crippen LogP contribution in [0.4, 0.5) is 20.6 Å². The molecule has 3 N–H and O–H groups in total. The molecule has 0 bridgehead atoms. The molecule has 182 valence electrons. The molecule has 2 heterocycles. The van der Waals surface area contributed by atoms with Gasteiger partial charge in [0.2, 0.25) is 5.91 Å². The minimum Gasteiger partial charge on any atom is -0.484 e. The Kier molecular flexibility index (Phi) is 6.82. The van der Waals surface area contributed by atoms with Crippen LogP contribution in [-0.4, -0.2) is 57.4 Å². The minimum absolute atomic E-state index is 0.00343. The number of sulfonamides is 1. The maximum atomic E-state index is 13.6. The van der Waals surface area contributed by atoms with Crippen molar-refractivity contribution in [1.82, 2.24) is 5.32 Å². The number of halogens is 2. The molecule has 2 aromatic carbocycles. The predicted octanol–water partition coefficient (Wildman–Crippen LogP) is 2.82. The van der Waals surface area contributed by atoms with Crippen LogP contribution < -0.4 is 19.7 Å². The van der Waals surface area contributed by atoms with Crippen molar-refractivity contribution in [2.45, 2.75) is 29.9 Å². The fraction of sp³-hybridized carbons (Fsp3) is 0.333. The van der Waals surface area contributed by atoms with Gasteiger partial charge in [0.15, 0.2) is 0 Å². The first kappa shape index (κ1) is 24.0. The Labute approximate surface area is 199 Å². The van der Waals surface area contributed by atoms with Gasteiger partial charge in [0.1, 0.15) is 23.8 Å². The summed E-state index contributed by atoms with van der Waals surface area (Å²) in [4.78, 5) is 23.1. The van der Waals surface area contributed by atoms with Crippen LogP contribution in [0.1, 0.15) is 12.8 Å². The molecule has 0 unspecified atom stereocenters. The van der Waals surface area contributed by atoms with Crippen molar-refractivity contribution >= 4 is 45.0 Å². The van der Waals surface area contributed by atoms with Crippen LogP contribution in [0.15, 0.2) is 41.3 Å². The van der Waals surface area contributed by atoms with Gasteiger partial charge in [-0.15, -0.1) is 0 Å². The molecule has 10 nitrogen and oxygen atoms in total. The topological polar surface area (TPSA) is 134 Å². The molecule has 34 heavy (non-hydrogen) atoms. The number of amides is 2. The molecule has 4 rings (SSSR count). The van der Waals surface area contributed by atoms with Gasteiger partial charge in [-0.1, -0.05) is 11.6 Å². The second kappa shape index (κ2) is 9.65. The van der Waals surface area contributed by atoms with Gasteiger partial charge in [0.05, 0.1) is 28.7 Å². The van der Waals surface area contributed by atoms with E-state index in [1.54, 1.807) is 0 Å². The Morgan fingerprint density at radius 3 is 2.71 bits per heavy atom. The molecule has 13 heteroatoms. The Bertz CT molecular complexity index is 1220. The summed E-state index contributed by atoms with van der Waals surface area (Å²) in [5, 5.41) is 13.5. The second-order valence-electron chi connectivity index (χ2n) is 7.71. The van der Waals surface area contributed by atoms with E-state index in [-0.39, 0.29) is 46.0 Å². The van der Waals surface area contributed by atoms with E-state index in [0.29, 0.717) is 13.0 Å². The summed E-state index contributed by atoms with van der Waals surface area (Å²) >= 11 is 5.80. The van der Waals surface area contributed by atoms with Crippen molar-refractivity contribution in [3.8, 4) is 5.75 Å². The second-order valence-corrected chi connectivity index (χ2v) is 9.98.